The van der Waals surface area contributed by atoms with Crippen LogP contribution in [0.5, 0.6) is 0 Å². The van der Waals surface area contributed by atoms with Crippen molar-refractivity contribution in [3.8, 4) is 0 Å². The predicted octanol–water partition coefficient (Wildman–Crippen LogP) is 2.96. The van der Waals surface area contributed by atoms with Gasteiger partial charge in [0.15, 0.2) is 6.04 Å². The molecule has 1 amide bonds. The van der Waals surface area contributed by atoms with Gasteiger partial charge in [0.05, 0.1) is 15.8 Å². The van der Waals surface area contributed by atoms with E-state index in [4.69, 9.17) is 5.11 Å². The minimum absolute atomic E-state index is 0.167. The summed E-state index contributed by atoms with van der Waals surface area (Å²) >= 11 is 2.85. The van der Waals surface area contributed by atoms with Crippen LogP contribution >= 0.6 is 23.1 Å². The van der Waals surface area contributed by atoms with Crippen LogP contribution in [0.25, 0.3) is 10.2 Å². The molecule has 4 rings (SSSR count). The lowest BCUT2D eigenvalue weighted by atomic mass is 10.1. The molecule has 0 spiro atoms. The molecule has 0 bridgehead atoms. The number of aromatic nitrogens is 1. The number of hydrogen-bond donors (Lipinski definition) is 2. The fourth-order valence-corrected chi connectivity index (χ4v) is 4.91. The topological polar surface area (TPSA) is 94.9 Å². The Balaban J connectivity index is 1.53. The number of nitrogens with one attached hydrogen (secondary N) is 1. The molecule has 144 valence electrons. The van der Waals surface area contributed by atoms with Gasteiger partial charge in [-0.3, -0.25) is 9.79 Å². The first-order valence-electron chi connectivity index (χ1n) is 8.68. The second-order valence-electron chi connectivity index (χ2n) is 6.60. The average molecular weight is 415 g/mol. The largest absolute Gasteiger partial charge is 0.480 e. The summed E-state index contributed by atoms with van der Waals surface area (Å²) in [5.74, 6) is -0.656. The third kappa shape index (κ3) is 3.67. The van der Waals surface area contributed by atoms with Gasteiger partial charge < -0.3 is 15.3 Å². The lowest BCUT2D eigenvalue weighted by molar-refractivity contribution is -0.137. The molecule has 1 aromatic heterocycles. The van der Waals surface area contributed by atoms with Gasteiger partial charge in [-0.05, 0) is 31.2 Å². The van der Waals surface area contributed by atoms with Gasteiger partial charge in [-0.15, -0.1) is 23.1 Å². The minimum atomic E-state index is -0.917. The number of carboxylic acid groups (broad SMARTS) is 1. The average Bonchev–Trinajstić information content (AvgIpc) is 3.30. The molecule has 2 aromatic rings. The first-order chi connectivity index (χ1) is 13.4. The lowest BCUT2D eigenvalue weighted by Gasteiger charge is -2.24. The molecule has 2 aliphatic heterocycles. The van der Waals surface area contributed by atoms with Gasteiger partial charge in [-0.25, -0.2) is 9.78 Å². The van der Waals surface area contributed by atoms with Crippen LogP contribution in [0.15, 0.2) is 47.1 Å². The molecule has 1 aromatic carbocycles. The number of amides is 1. The van der Waals surface area contributed by atoms with Crippen LogP contribution in [0.3, 0.4) is 0 Å². The van der Waals surface area contributed by atoms with Gasteiger partial charge in [-0.2, -0.15) is 0 Å². The zero-order valence-corrected chi connectivity index (χ0v) is 16.9. The maximum absolute atomic E-state index is 12.5. The zero-order valence-electron chi connectivity index (χ0n) is 15.2. The van der Waals surface area contributed by atoms with Crippen LogP contribution in [0.1, 0.15) is 11.9 Å². The number of thioether (sulfide) groups is 1. The Hall–Kier alpha value is -2.65. The van der Waals surface area contributed by atoms with E-state index in [0.717, 1.165) is 10.2 Å². The maximum Gasteiger partial charge on any atom is 0.329 e. The van der Waals surface area contributed by atoms with Crippen molar-refractivity contribution in [1.82, 2.24) is 9.88 Å². The standard InChI is InChI=1S/C19H18N4O3S2/c1-10-3-4-11(8-23(10)2)16(24)20-12-5-6-13-15(7-12)28-18(21-13)17-22-14(9-27-17)19(25)26/h3-8,10,14H,9H2,1-2H3,(H,20,24)(H,25,26)/t10?,14-/m1/s1. The number of fused-ring (bicyclic) bond motifs is 1. The Morgan fingerprint density at radius 3 is 2.89 bits per heavy atom. The number of nitrogens with zero attached hydrogens (tertiary/aromatic N) is 3. The molecular formula is C19H18N4O3S2. The fraction of sp³-hybridized carbons (Fsp3) is 0.263. The first-order valence-corrected chi connectivity index (χ1v) is 10.5. The van der Waals surface area contributed by atoms with E-state index in [9.17, 15) is 9.59 Å². The summed E-state index contributed by atoms with van der Waals surface area (Å²) in [5.41, 5.74) is 2.08. The smallest absolute Gasteiger partial charge is 0.329 e. The molecule has 7 nitrogen and oxygen atoms in total. The number of carbonyl (C=O) groups excluding carboxylic acids is 1. The summed E-state index contributed by atoms with van der Waals surface area (Å²) in [6.45, 7) is 2.06. The van der Waals surface area contributed by atoms with Crippen LogP contribution in [0.4, 0.5) is 5.69 Å². The summed E-state index contributed by atoms with van der Waals surface area (Å²) < 4.78 is 0.911. The summed E-state index contributed by atoms with van der Waals surface area (Å²) in [4.78, 5) is 34.4. The number of anilines is 1. The molecular weight excluding hydrogens is 396 g/mol. The molecule has 0 fully saturated rings. The van der Waals surface area contributed by atoms with Crippen molar-refractivity contribution < 1.29 is 14.7 Å². The second kappa shape index (κ2) is 7.40. The van der Waals surface area contributed by atoms with Crippen LogP contribution < -0.4 is 5.32 Å². The normalized spacial score (nSPS) is 21.6. The number of benzene rings is 1. The number of rotatable bonds is 4. The Kier molecular flexibility index (Phi) is 4.94. The molecule has 0 saturated heterocycles. The monoisotopic (exact) mass is 414 g/mol. The molecule has 28 heavy (non-hydrogen) atoms. The number of aliphatic carboxylic acids is 1. The Bertz CT molecular complexity index is 1060. The summed E-state index contributed by atoms with van der Waals surface area (Å²) in [5, 5.41) is 13.4. The van der Waals surface area contributed by atoms with Gasteiger partial charge in [0.25, 0.3) is 5.91 Å². The molecule has 2 atom stereocenters. The number of likely N-dealkylation sites (N-methyl/N-ethyl adjacent to an activating group) is 1. The summed E-state index contributed by atoms with van der Waals surface area (Å²) in [6, 6.07) is 5.09. The summed E-state index contributed by atoms with van der Waals surface area (Å²) in [7, 11) is 1.94. The van der Waals surface area contributed by atoms with E-state index >= 15 is 0 Å². The van der Waals surface area contributed by atoms with Crippen LogP contribution in [0.2, 0.25) is 0 Å². The van der Waals surface area contributed by atoms with Crippen molar-refractivity contribution in [2.45, 2.75) is 19.0 Å². The zero-order chi connectivity index (χ0) is 19.8. The third-order valence-corrected chi connectivity index (χ3v) is 6.78. The van der Waals surface area contributed by atoms with E-state index in [-0.39, 0.29) is 11.9 Å². The number of hydrogen-bond acceptors (Lipinski definition) is 7. The predicted molar refractivity (Wildman–Crippen MR) is 113 cm³/mol. The molecule has 2 N–H and O–H groups in total. The number of carbonyl (C=O) groups is 2. The maximum atomic E-state index is 12.5. The minimum Gasteiger partial charge on any atom is -0.480 e. The van der Waals surface area contributed by atoms with Crippen molar-refractivity contribution in [2.75, 3.05) is 18.1 Å². The third-order valence-electron chi connectivity index (χ3n) is 4.57. The quantitative estimate of drug-likeness (QED) is 0.799. The molecule has 2 aliphatic rings. The number of aliphatic imine (C=N–C) groups is 1. The van der Waals surface area contributed by atoms with Crippen LogP contribution in [-0.2, 0) is 9.59 Å². The SMILES string of the molecule is CC1C=CC(C(=O)Nc2ccc3nc(C4=N[C@@H](C(=O)O)CS4)sc3c2)=CN1C. The highest BCUT2D eigenvalue weighted by Crippen LogP contribution is 2.31. The van der Waals surface area contributed by atoms with E-state index in [1.807, 2.05) is 48.5 Å². The number of thiazole rings is 1. The highest BCUT2D eigenvalue weighted by Gasteiger charge is 2.27. The van der Waals surface area contributed by atoms with Crippen molar-refractivity contribution in [3.63, 3.8) is 0 Å². The van der Waals surface area contributed by atoms with Gasteiger partial charge in [-0.1, -0.05) is 6.08 Å². The van der Waals surface area contributed by atoms with E-state index in [2.05, 4.69) is 22.2 Å². The Morgan fingerprint density at radius 2 is 2.18 bits per heavy atom. The summed E-state index contributed by atoms with van der Waals surface area (Å²) in [6.07, 6.45) is 5.65. The second-order valence-corrected chi connectivity index (χ2v) is 8.64. The molecule has 0 aliphatic carbocycles. The van der Waals surface area contributed by atoms with E-state index in [0.29, 0.717) is 27.1 Å². The lowest BCUT2D eigenvalue weighted by Crippen LogP contribution is -2.27. The molecule has 0 radical (unpaired) electrons. The van der Waals surface area contributed by atoms with Gasteiger partial charge in [0.2, 0.25) is 0 Å². The van der Waals surface area contributed by atoms with Crippen molar-refractivity contribution >= 4 is 55.9 Å². The van der Waals surface area contributed by atoms with Crippen molar-refractivity contribution in [1.29, 1.82) is 0 Å². The fourth-order valence-electron chi connectivity index (χ4n) is 2.81. The number of carboxylic acids is 1. The van der Waals surface area contributed by atoms with E-state index < -0.39 is 12.0 Å². The molecule has 0 saturated carbocycles. The molecule has 3 heterocycles. The Morgan fingerprint density at radius 1 is 1.36 bits per heavy atom. The van der Waals surface area contributed by atoms with Gasteiger partial charge in [0.1, 0.15) is 10.1 Å². The van der Waals surface area contributed by atoms with E-state index in [1.165, 1.54) is 23.1 Å². The molecule has 9 heteroatoms. The van der Waals surface area contributed by atoms with E-state index in [1.54, 1.807) is 0 Å². The highest BCUT2D eigenvalue weighted by molar-refractivity contribution is 8.15. The van der Waals surface area contributed by atoms with Gasteiger partial charge >= 0.3 is 5.97 Å². The molecule has 1 unspecified atom stereocenters. The van der Waals surface area contributed by atoms with Crippen molar-refractivity contribution in [3.05, 3.63) is 47.1 Å². The first kappa shape index (κ1) is 18.7. The van der Waals surface area contributed by atoms with Crippen molar-refractivity contribution in [2.24, 2.45) is 4.99 Å². The van der Waals surface area contributed by atoms with Crippen LogP contribution in [0, 0.1) is 0 Å². The highest BCUT2D eigenvalue weighted by atomic mass is 32.2. The van der Waals surface area contributed by atoms with Gasteiger partial charge in [0, 0.05) is 30.7 Å². The van der Waals surface area contributed by atoms with Crippen LogP contribution in [-0.4, -0.2) is 56.8 Å². The Labute approximate surface area is 169 Å².